The number of hydrogen-bond donors (Lipinski definition) is 1. The van der Waals surface area contributed by atoms with Gasteiger partial charge in [-0.25, -0.2) is 9.98 Å². The van der Waals surface area contributed by atoms with Gasteiger partial charge in [0, 0.05) is 13.3 Å². The summed E-state index contributed by atoms with van der Waals surface area (Å²) in [6.07, 6.45) is 1.42. The summed E-state index contributed by atoms with van der Waals surface area (Å²) < 4.78 is 7.44. The highest BCUT2D eigenvalue weighted by Gasteiger charge is 2.16. The fraction of sp³-hybridized carbons (Fsp3) is 0.222. The molecular formula is C18H16N4O3S. The molecule has 0 spiro atoms. The van der Waals surface area contributed by atoms with Gasteiger partial charge < -0.3 is 9.84 Å². The van der Waals surface area contributed by atoms with E-state index in [1.807, 2.05) is 31.2 Å². The number of aromatic hydroxyl groups is 1. The van der Waals surface area contributed by atoms with Gasteiger partial charge in [-0.15, -0.1) is 0 Å². The van der Waals surface area contributed by atoms with Crippen LogP contribution in [0.2, 0.25) is 0 Å². The summed E-state index contributed by atoms with van der Waals surface area (Å²) in [6, 6.07) is 7.49. The van der Waals surface area contributed by atoms with Gasteiger partial charge in [-0.3, -0.25) is 9.36 Å². The molecule has 0 amide bonds. The molecule has 0 bridgehead atoms. The fourth-order valence-corrected chi connectivity index (χ4v) is 3.36. The molecule has 0 atom stereocenters. The van der Waals surface area contributed by atoms with Crippen molar-refractivity contribution < 1.29 is 9.84 Å². The maximum Gasteiger partial charge on any atom is 0.271 e. The number of fused-ring (bicyclic) bond motifs is 1. The summed E-state index contributed by atoms with van der Waals surface area (Å²) in [4.78, 5) is 20.7. The molecular weight excluding hydrogens is 352 g/mol. The minimum atomic E-state index is -0.539. The molecule has 7 nitrogen and oxygen atoms in total. The first-order valence-corrected chi connectivity index (χ1v) is 8.68. The molecule has 0 unspecified atom stereocenters. The topological polar surface area (TPSA) is 101 Å². The third-order valence-electron chi connectivity index (χ3n) is 3.93. The lowest BCUT2D eigenvalue weighted by Crippen LogP contribution is -2.22. The number of nitrogens with zero attached hydrogens (tertiary/aromatic N) is 4. The van der Waals surface area contributed by atoms with Crippen LogP contribution < -0.4 is 10.3 Å². The van der Waals surface area contributed by atoms with Crippen molar-refractivity contribution in [1.29, 1.82) is 5.26 Å². The second kappa shape index (κ2) is 6.98. The van der Waals surface area contributed by atoms with Crippen molar-refractivity contribution in [3.8, 4) is 17.7 Å². The Bertz CT molecular complexity index is 1120. The number of pyridine rings is 1. The van der Waals surface area contributed by atoms with E-state index in [1.165, 1.54) is 24.6 Å². The zero-order valence-corrected chi connectivity index (χ0v) is 15.3. The highest BCUT2D eigenvalue weighted by atomic mass is 32.1. The Hall–Kier alpha value is -3.18. The second-order valence-electron chi connectivity index (χ2n) is 5.53. The number of aromatic nitrogens is 2. The van der Waals surface area contributed by atoms with Gasteiger partial charge in [-0.2, -0.15) is 5.26 Å². The molecule has 0 aliphatic rings. The van der Waals surface area contributed by atoms with Crippen LogP contribution >= 0.6 is 11.3 Å². The Balaban J connectivity index is 2.03. The van der Waals surface area contributed by atoms with Crippen molar-refractivity contribution in [3.05, 3.63) is 45.2 Å². The summed E-state index contributed by atoms with van der Waals surface area (Å²) in [5, 5.41) is 19.9. The summed E-state index contributed by atoms with van der Waals surface area (Å²) >= 11 is 1.38. The van der Waals surface area contributed by atoms with Crippen LogP contribution in [0, 0.1) is 18.3 Å². The SMILES string of the molecule is CCOc1ccc2nc(N=Cc3c(C)c(C#N)c(=O)n(C)c3O)sc2c1. The van der Waals surface area contributed by atoms with Crippen molar-refractivity contribution in [1.82, 2.24) is 9.55 Å². The standard InChI is InChI=1S/C18H16N4O3S/c1-4-25-11-5-6-14-15(7-11)26-18(21-14)20-9-13-10(2)12(8-19)16(23)22(3)17(13)24/h5-7,9,24H,4H2,1-3H3. The van der Waals surface area contributed by atoms with Gasteiger partial charge >= 0.3 is 0 Å². The minimum absolute atomic E-state index is 0.0163. The molecule has 0 fully saturated rings. The fourth-order valence-electron chi connectivity index (χ4n) is 2.52. The molecule has 0 aliphatic carbocycles. The average molecular weight is 368 g/mol. The van der Waals surface area contributed by atoms with Crippen LogP contribution in [-0.4, -0.2) is 27.5 Å². The van der Waals surface area contributed by atoms with Gasteiger partial charge in [0.25, 0.3) is 5.56 Å². The Kier molecular flexibility index (Phi) is 4.73. The van der Waals surface area contributed by atoms with Crippen molar-refractivity contribution in [3.63, 3.8) is 0 Å². The maximum atomic E-state index is 12.0. The zero-order chi connectivity index (χ0) is 18.8. The van der Waals surface area contributed by atoms with Crippen LogP contribution in [0.1, 0.15) is 23.6 Å². The van der Waals surface area contributed by atoms with Crippen LogP contribution in [0.15, 0.2) is 28.0 Å². The summed E-state index contributed by atoms with van der Waals surface area (Å²) in [7, 11) is 1.40. The largest absolute Gasteiger partial charge is 0.494 e. The first-order valence-electron chi connectivity index (χ1n) is 7.86. The predicted octanol–water partition coefficient (Wildman–Crippen LogP) is 3.03. The molecule has 0 aliphatic heterocycles. The summed E-state index contributed by atoms with van der Waals surface area (Å²) in [5.41, 5.74) is 0.944. The van der Waals surface area contributed by atoms with Gasteiger partial charge in [0.15, 0.2) is 0 Å². The maximum absolute atomic E-state index is 12.0. The van der Waals surface area contributed by atoms with E-state index < -0.39 is 5.56 Å². The molecule has 132 valence electrons. The first kappa shape index (κ1) is 17.6. The van der Waals surface area contributed by atoms with E-state index in [0.717, 1.165) is 20.5 Å². The number of hydrogen-bond acceptors (Lipinski definition) is 7. The van der Waals surface area contributed by atoms with E-state index in [0.29, 0.717) is 22.9 Å². The van der Waals surface area contributed by atoms with Crippen LogP contribution in [0.4, 0.5) is 5.13 Å². The van der Waals surface area contributed by atoms with E-state index in [9.17, 15) is 15.2 Å². The molecule has 3 aromatic rings. The van der Waals surface area contributed by atoms with E-state index >= 15 is 0 Å². The molecule has 2 aromatic heterocycles. The lowest BCUT2D eigenvalue weighted by atomic mass is 10.1. The van der Waals surface area contributed by atoms with Gasteiger partial charge in [0.05, 0.1) is 22.4 Å². The number of nitriles is 1. The summed E-state index contributed by atoms with van der Waals surface area (Å²) in [6.45, 7) is 4.11. The van der Waals surface area contributed by atoms with Crippen LogP contribution in [-0.2, 0) is 7.05 Å². The second-order valence-corrected chi connectivity index (χ2v) is 6.54. The smallest absolute Gasteiger partial charge is 0.271 e. The number of benzene rings is 1. The molecule has 0 radical (unpaired) electrons. The van der Waals surface area contributed by atoms with Gasteiger partial charge in [0.2, 0.25) is 11.0 Å². The number of rotatable bonds is 4. The Morgan fingerprint density at radius 3 is 2.96 bits per heavy atom. The van der Waals surface area contributed by atoms with E-state index in [2.05, 4.69) is 9.98 Å². The highest BCUT2D eigenvalue weighted by molar-refractivity contribution is 7.22. The third kappa shape index (κ3) is 3.05. The molecule has 0 saturated carbocycles. The number of thiazole rings is 1. The van der Waals surface area contributed by atoms with Crippen molar-refractivity contribution in [2.75, 3.05) is 6.61 Å². The molecule has 26 heavy (non-hydrogen) atoms. The lowest BCUT2D eigenvalue weighted by Gasteiger charge is -2.09. The first-order chi connectivity index (χ1) is 12.5. The minimum Gasteiger partial charge on any atom is -0.494 e. The summed E-state index contributed by atoms with van der Waals surface area (Å²) in [5.74, 6) is 0.527. The number of ether oxygens (including phenoxy) is 1. The Morgan fingerprint density at radius 1 is 1.50 bits per heavy atom. The Labute approximate surface area is 153 Å². The Morgan fingerprint density at radius 2 is 2.27 bits per heavy atom. The van der Waals surface area contributed by atoms with E-state index in [-0.39, 0.29) is 11.4 Å². The van der Waals surface area contributed by atoms with Gasteiger partial charge in [-0.05, 0) is 37.6 Å². The zero-order valence-electron chi connectivity index (χ0n) is 14.5. The van der Waals surface area contributed by atoms with Crippen LogP contribution in [0.3, 0.4) is 0 Å². The highest BCUT2D eigenvalue weighted by Crippen LogP contribution is 2.31. The van der Waals surface area contributed by atoms with Crippen LogP contribution in [0.25, 0.3) is 10.2 Å². The predicted molar refractivity (Wildman–Crippen MR) is 101 cm³/mol. The quantitative estimate of drug-likeness (QED) is 0.714. The normalized spacial score (nSPS) is 11.2. The van der Waals surface area contributed by atoms with Crippen molar-refractivity contribution in [2.24, 2.45) is 12.0 Å². The van der Waals surface area contributed by atoms with E-state index in [4.69, 9.17) is 4.74 Å². The molecule has 1 aromatic carbocycles. The lowest BCUT2D eigenvalue weighted by molar-refractivity contribution is 0.341. The third-order valence-corrected chi connectivity index (χ3v) is 4.86. The van der Waals surface area contributed by atoms with E-state index in [1.54, 1.807) is 6.92 Å². The number of aliphatic imine (C=N–C) groups is 1. The average Bonchev–Trinajstić information content (AvgIpc) is 3.03. The van der Waals surface area contributed by atoms with Crippen molar-refractivity contribution >= 4 is 32.9 Å². The van der Waals surface area contributed by atoms with Gasteiger partial charge in [0.1, 0.15) is 17.4 Å². The van der Waals surface area contributed by atoms with Gasteiger partial charge in [-0.1, -0.05) is 11.3 Å². The van der Waals surface area contributed by atoms with Crippen molar-refractivity contribution in [2.45, 2.75) is 13.8 Å². The molecule has 8 heteroatoms. The molecule has 3 rings (SSSR count). The molecule has 1 N–H and O–H groups in total. The molecule has 2 heterocycles. The molecule has 0 saturated heterocycles. The monoisotopic (exact) mass is 368 g/mol. The van der Waals surface area contributed by atoms with Crippen LogP contribution in [0.5, 0.6) is 11.6 Å².